The summed E-state index contributed by atoms with van der Waals surface area (Å²) >= 11 is 0. The number of amides is 1. The molecular weight excluding hydrogens is 610 g/mol. The van der Waals surface area contributed by atoms with E-state index < -0.39 is 34.4 Å². The van der Waals surface area contributed by atoms with Crippen LogP contribution in [0, 0.1) is 11.8 Å². The summed E-state index contributed by atoms with van der Waals surface area (Å²) in [7, 11) is -4.04. The first kappa shape index (κ1) is 34.4. The number of benzene rings is 2. The first-order chi connectivity index (χ1) is 22.1. The fraction of sp³-hybridized carbons (Fsp3) is 0.606. The lowest BCUT2D eigenvalue weighted by Crippen LogP contribution is -2.51. The molecule has 0 aliphatic carbocycles. The first-order valence-electron chi connectivity index (χ1n) is 16.4. The normalized spacial score (nSPS) is 23.0. The maximum Gasteiger partial charge on any atom is 0.407 e. The number of nitrogen functional groups attached to an aromatic ring is 1. The van der Waals surface area contributed by atoms with Crippen LogP contribution in [0.3, 0.4) is 0 Å². The van der Waals surface area contributed by atoms with Crippen LogP contribution in [0.4, 0.5) is 16.2 Å². The molecule has 0 unspecified atom stereocenters. The Kier molecular flexibility index (Phi) is 11.8. The number of nitrogens with two attached hydrogens (primary N) is 1. The van der Waals surface area contributed by atoms with Crippen molar-refractivity contribution in [3.8, 4) is 0 Å². The van der Waals surface area contributed by atoms with Gasteiger partial charge in [0.25, 0.3) is 0 Å². The molecule has 0 bridgehead atoms. The number of nitrogens with one attached hydrogen (secondary N) is 2. The van der Waals surface area contributed by atoms with Crippen LogP contribution in [0.2, 0.25) is 0 Å². The maximum atomic E-state index is 14.1. The second-order valence-corrected chi connectivity index (χ2v) is 14.9. The Morgan fingerprint density at radius 3 is 2.63 bits per heavy atom. The van der Waals surface area contributed by atoms with Crippen LogP contribution in [0.5, 0.6) is 0 Å². The van der Waals surface area contributed by atoms with E-state index in [2.05, 4.69) is 15.5 Å². The second kappa shape index (κ2) is 15.8. The topological polar surface area (TPSA) is 156 Å². The molecule has 2 aromatic rings. The highest BCUT2D eigenvalue weighted by Gasteiger charge is 2.44. The number of fused-ring (bicyclic) bond motifs is 1. The molecule has 2 aromatic carbocycles. The highest BCUT2D eigenvalue weighted by Crippen LogP contribution is 2.33. The second-order valence-electron chi connectivity index (χ2n) is 12.9. The molecule has 3 heterocycles. The van der Waals surface area contributed by atoms with E-state index in [0.717, 1.165) is 31.6 Å². The lowest BCUT2D eigenvalue weighted by atomic mass is 10.0. The summed E-state index contributed by atoms with van der Waals surface area (Å²) in [6, 6.07) is 13.3. The number of anilines is 2. The summed E-state index contributed by atoms with van der Waals surface area (Å²) in [5, 5.41) is 17.7. The molecule has 3 saturated heterocycles. The van der Waals surface area contributed by atoms with Gasteiger partial charge in [-0.25, -0.2) is 13.2 Å². The molecule has 5 atom stereocenters. The van der Waals surface area contributed by atoms with E-state index in [9.17, 15) is 18.3 Å². The van der Waals surface area contributed by atoms with Gasteiger partial charge < -0.3 is 40.6 Å². The predicted octanol–water partition coefficient (Wildman–Crippen LogP) is 2.88. The number of aliphatic hydroxyl groups excluding tert-OH is 1. The van der Waals surface area contributed by atoms with Crippen LogP contribution in [-0.4, -0.2) is 106 Å². The SMILES string of the molecule is CC(C)CN(C[C@@H](O)[C@H](Cc1ccccc1)NC(=O)O[C@H]1CO[C@H]2OCC[C@H]21)S(=O)(=O)c1ccc(N)c(NCCN2CCCC2)c1. The van der Waals surface area contributed by atoms with Crippen LogP contribution < -0.4 is 16.4 Å². The van der Waals surface area contributed by atoms with E-state index in [1.54, 1.807) is 12.1 Å². The highest BCUT2D eigenvalue weighted by atomic mass is 32.2. The summed E-state index contributed by atoms with van der Waals surface area (Å²) < 4.78 is 46.3. The van der Waals surface area contributed by atoms with Crippen LogP contribution in [-0.2, 0) is 30.7 Å². The number of sulfonamides is 1. The van der Waals surface area contributed by atoms with Crippen molar-refractivity contribution in [1.82, 2.24) is 14.5 Å². The predicted molar refractivity (Wildman–Crippen MR) is 176 cm³/mol. The van der Waals surface area contributed by atoms with Gasteiger partial charge in [0.1, 0.15) is 6.10 Å². The van der Waals surface area contributed by atoms with E-state index in [1.807, 2.05) is 44.2 Å². The van der Waals surface area contributed by atoms with Crippen molar-refractivity contribution in [3.63, 3.8) is 0 Å². The van der Waals surface area contributed by atoms with Gasteiger partial charge in [-0.3, -0.25) is 0 Å². The summed E-state index contributed by atoms with van der Waals surface area (Å²) in [5.41, 5.74) is 8.12. The third-order valence-corrected chi connectivity index (χ3v) is 10.7. The van der Waals surface area contributed by atoms with Gasteiger partial charge in [0, 0.05) is 26.2 Å². The molecule has 1 amide bonds. The Morgan fingerprint density at radius 1 is 1.13 bits per heavy atom. The van der Waals surface area contributed by atoms with Crippen molar-refractivity contribution in [1.29, 1.82) is 0 Å². The van der Waals surface area contributed by atoms with Crippen molar-refractivity contribution in [2.75, 3.05) is 63.5 Å². The van der Waals surface area contributed by atoms with Gasteiger partial charge in [-0.2, -0.15) is 4.31 Å². The Bertz CT molecular complexity index is 1390. The minimum atomic E-state index is -4.04. The van der Waals surface area contributed by atoms with Gasteiger partial charge in [-0.15, -0.1) is 0 Å². The van der Waals surface area contributed by atoms with Crippen LogP contribution >= 0.6 is 0 Å². The Labute approximate surface area is 272 Å². The summed E-state index contributed by atoms with van der Waals surface area (Å²) in [4.78, 5) is 15.6. The Hall–Kier alpha value is -2.94. The fourth-order valence-electron chi connectivity index (χ4n) is 6.39. The van der Waals surface area contributed by atoms with E-state index >= 15 is 0 Å². The standard InChI is InChI=1S/C33H49N5O7S/c1-23(2)20-38(46(41,42)25-10-11-27(34)28(19-25)35-13-16-37-14-6-7-15-37)21-30(39)29(18-24-8-4-3-5-9-24)36-33(40)45-31-22-44-32-26(31)12-17-43-32/h3-5,8-11,19,23,26,29-32,35,39H,6-7,12-18,20-22,34H2,1-2H3,(H,36,40)/t26-,29-,30+,31-,32+/m0/s1. The lowest BCUT2D eigenvalue weighted by molar-refractivity contribution is -0.0907. The van der Waals surface area contributed by atoms with E-state index in [-0.39, 0.29) is 49.1 Å². The molecule has 0 radical (unpaired) electrons. The molecule has 12 nitrogen and oxygen atoms in total. The first-order valence-corrected chi connectivity index (χ1v) is 17.8. The molecule has 46 heavy (non-hydrogen) atoms. The van der Waals surface area contributed by atoms with Crippen molar-refractivity contribution < 1.29 is 32.5 Å². The smallest absolute Gasteiger partial charge is 0.407 e. The zero-order valence-corrected chi connectivity index (χ0v) is 27.7. The van der Waals surface area contributed by atoms with Crippen LogP contribution in [0.25, 0.3) is 0 Å². The molecule has 3 aliphatic rings. The van der Waals surface area contributed by atoms with E-state index in [0.29, 0.717) is 24.5 Å². The number of carbonyl (C=O) groups is 1. The van der Waals surface area contributed by atoms with Crippen LogP contribution in [0.1, 0.15) is 38.7 Å². The summed E-state index contributed by atoms with van der Waals surface area (Å²) in [6.07, 6.45) is 0.649. The zero-order chi connectivity index (χ0) is 32.7. The monoisotopic (exact) mass is 659 g/mol. The Morgan fingerprint density at radius 2 is 1.89 bits per heavy atom. The average Bonchev–Trinajstić information content (AvgIpc) is 3.79. The number of hydrogen-bond acceptors (Lipinski definition) is 10. The minimum Gasteiger partial charge on any atom is -0.443 e. The van der Waals surface area contributed by atoms with Gasteiger partial charge in [-0.1, -0.05) is 44.2 Å². The van der Waals surface area contributed by atoms with E-state index in [4.69, 9.17) is 19.9 Å². The number of likely N-dealkylation sites (tertiary alicyclic amines) is 1. The third-order valence-electron chi connectivity index (χ3n) is 8.87. The minimum absolute atomic E-state index is 0.0248. The molecule has 3 fully saturated rings. The van der Waals surface area contributed by atoms with E-state index in [1.165, 1.54) is 23.2 Å². The fourth-order valence-corrected chi connectivity index (χ4v) is 8.04. The van der Waals surface area contributed by atoms with Gasteiger partial charge >= 0.3 is 6.09 Å². The molecule has 13 heteroatoms. The van der Waals surface area contributed by atoms with Crippen molar-refractivity contribution in [3.05, 3.63) is 54.1 Å². The number of ether oxygens (including phenoxy) is 3. The number of aliphatic hydroxyl groups is 1. The number of alkyl carbamates (subject to hydrolysis) is 1. The van der Waals surface area contributed by atoms with Gasteiger partial charge in [0.05, 0.1) is 47.5 Å². The molecule has 254 valence electrons. The lowest BCUT2D eigenvalue weighted by Gasteiger charge is -2.31. The number of rotatable bonds is 15. The number of hydrogen-bond donors (Lipinski definition) is 4. The highest BCUT2D eigenvalue weighted by molar-refractivity contribution is 7.89. The van der Waals surface area contributed by atoms with Crippen molar-refractivity contribution in [2.45, 2.75) is 69.0 Å². The summed E-state index contributed by atoms with van der Waals surface area (Å²) in [5.74, 6) is -0.0577. The maximum absolute atomic E-state index is 14.1. The summed E-state index contributed by atoms with van der Waals surface area (Å²) in [6.45, 7) is 8.21. The largest absolute Gasteiger partial charge is 0.443 e. The molecule has 3 aliphatic heterocycles. The molecule has 0 spiro atoms. The number of nitrogens with zero attached hydrogens (tertiary/aromatic N) is 2. The zero-order valence-electron chi connectivity index (χ0n) is 26.8. The van der Waals surface area contributed by atoms with Gasteiger partial charge in [0.15, 0.2) is 6.29 Å². The number of carbonyl (C=O) groups excluding carboxylic acids is 1. The molecule has 5 rings (SSSR count). The van der Waals surface area contributed by atoms with Crippen LogP contribution in [0.15, 0.2) is 53.4 Å². The quantitative estimate of drug-likeness (QED) is 0.210. The average molecular weight is 660 g/mol. The molecule has 0 saturated carbocycles. The van der Waals surface area contributed by atoms with Gasteiger partial charge in [0.2, 0.25) is 10.0 Å². The molecule has 5 N–H and O–H groups in total. The van der Waals surface area contributed by atoms with Crippen molar-refractivity contribution in [2.24, 2.45) is 11.8 Å². The molecule has 0 aromatic heterocycles. The molecular formula is C33H49N5O7S. The Balaban J connectivity index is 1.30. The van der Waals surface area contributed by atoms with Crippen molar-refractivity contribution >= 4 is 27.5 Å². The van der Waals surface area contributed by atoms with Gasteiger partial charge in [-0.05, 0) is 68.5 Å². The third kappa shape index (κ3) is 8.90.